The number of primary amides is 1. The minimum atomic E-state index is -1.79. The van der Waals surface area contributed by atoms with Gasteiger partial charge in [-0.1, -0.05) is 12.5 Å². The number of Topliss-reactive ketones (excluding diaryl/α,β-unsaturated/α-hetero) is 2. The Kier molecular flexibility index (Phi) is 50.8. The highest BCUT2D eigenvalue weighted by molar-refractivity contribution is 6.10. The Bertz CT molecular complexity index is 5110. The molecule has 1 heterocycles. The first-order chi connectivity index (χ1) is 66.6. The lowest BCUT2D eigenvalue weighted by molar-refractivity contribution is -0.136. The summed E-state index contributed by atoms with van der Waals surface area (Å²) in [5, 5.41) is 114. The number of carbonyl (C=O) groups is 16. The van der Waals surface area contributed by atoms with Crippen molar-refractivity contribution in [3.05, 3.63) is 75.9 Å². The Labute approximate surface area is 813 Å². The SMILES string of the molecule is CC(=O)[C@H](C)NC(=O)[C@H](CCCNC(=N)N)NC(=O)[C@H](CCCNC(=N)N)NC(=O)[C@H](CCCNC(=N)N)NC(=O)[C@H](CCC(N)=O)NC(=O)[C@H](CCCNC(=N)N)NC(=O)[C@H](CCCNC(=N)N)NC(=O)[C@H](CCCCN)NC(=O)[C@H](CCCCN)CC(=O)[C@H](CCCNC(=N)N)NC(=O)[C@H](C)NC(=O)[C@H](C)NC(=O)[C@H](C)NC(=O)c1ccc(-c2c3ccc(=O)cc-3oc3cc(O)ccc23)c(C(=O)O)c1. The zero-order chi connectivity index (χ0) is 105. The molecule has 53 heteroatoms. The number of carboxylic acid groups (broad SMARTS) is 1. The van der Waals surface area contributed by atoms with Gasteiger partial charge in [-0.3, -0.25) is 109 Å². The molecule has 0 unspecified atom stereocenters. The molecule has 1 aliphatic carbocycles. The number of phenols is 1. The van der Waals surface area contributed by atoms with Crippen molar-refractivity contribution in [2.24, 2.45) is 57.5 Å². The molecule has 0 radical (unpaired) electrons. The maximum atomic E-state index is 15.0. The van der Waals surface area contributed by atoms with Gasteiger partial charge >= 0.3 is 5.97 Å². The van der Waals surface area contributed by atoms with Crippen LogP contribution in [0.15, 0.2) is 63.8 Å². The smallest absolute Gasteiger partial charge is 0.336 e. The highest BCUT2D eigenvalue weighted by Crippen LogP contribution is 2.42. The third kappa shape index (κ3) is 42.9. The van der Waals surface area contributed by atoms with Gasteiger partial charge in [0.15, 0.2) is 52.8 Å². The number of aromatic hydroxyl groups is 1. The van der Waals surface area contributed by atoms with E-state index in [4.69, 9.17) is 88.5 Å². The van der Waals surface area contributed by atoms with E-state index in [1.807, 2.05) is 0 Å². The number of rotatable bonds is 65. The van der Waals surface area contributed by atoms with Crippen LogP contribution in [0.2, 0.25) is 0 Å². The third-order valence-corrected chi connectivity index (χ3v) is 22.2. The highest BCUT2D eigenvalue weighted by atomic mass is 16.4. The number of amides is 13. The zero-order valence-corrected chi connectivity index (χ0v) is 79.6. The average molecular weight is 1980 g/mol. The standard InChI is InChI=1S/C88H139N33O20/c1-44(48(5)122)110-75(132)59(19-11-35-105-84(94)95)116-77(134)60(20-12-36-106-85(96)97)118-79(136)62(22-14-38-108-87(100)101)120-81(138)64(30-31-68(91)126)121-80(137)63(23-15-39-109-88(102)103)119-78(135)61(21-13-37-107-86(98)99)117-76(133)58(17-7-9-33-90)115-74(131)49(16-6-8-32-89)41-65(125)57(18-10-34-104-83(92)93)114-72(129)47(4)112-70(127)45(2)111-71(128)46(3)113-73(130)50-24-27-53(56(40-50)82(139)140)69-54-28-25-51(123)42-66(54)141-67-43-52(124)26-29-55(67)69/h24-29,40,42-47,49,57-64,123H,6-23,30-39,41,89-90H2,1-5H3,(H2,91,126)(H,110,132)(H,111,128)(H,112,127)(H,113,130)(H,114,129)(H,115,131)(H,116,134)(H,117,133)(H,118,136)(H,119,135)(H,120,138)(H,121,137)(H,139,140)(H4,92,93,104)(H4,94,95,105)(H4,96,97,106)(H4,98,99,107)(H4,100,101,108)(H4,102,103,109)/t44-,45-,46-,47-,49+,57-,58-,59-,60-,61-,62-,63-,64-/m0/s1. The topological polar surface area (TPSA) is 938 Å². The molecule has 141 heavy (non-hydrogen) atoms. The first-order valence-corrected chi connectivity index (χ1v) is 46.1. The Morgan fingerprint density at radius 3 is 1.07 bits per heavy atom. The second-order valence-corrected chi connectivity index (χ2v) is 33.7. The van der Waals surface area contributed by atoms with Gasteiger partial charge < -0.3 is 162 Å². The molecule has 2 aliphatic rings. The van der Waals surface area contributed by atoms with Gasteiger partial charge in [0.05, 0.1) is 17.6 Å². The fourth-order valence-electron chi connectivity index (χ4n) is 14.4. The van der Waals surface area contributed by atoms with Gasteiger partial charge in [0, 0.05) is 92.2 Å². The van der Waals surface area contributed by atoms with Gasteiger partial charge in [-0.25, -0.2) is 4.79 Å². The summed E-state index contributed by atoms with van der Waals surface area (Å²) in [6.45, 7) is 6.61. The van der Waals surface area contributed by atoms with Crippen LogP contribution in [0.3, 0.4) is 0 Å². The summed E-state index contributed by atoms with van der Waals surface area (Å²) in [6.07, 6.45) is -1.95. The number of unbranched alkanes of at least 4 members (excludes halogenated alkanes) is 2. The Hall–Kier alpha value is -15.6. The highest BCUT2D eigenvalue weighted by Gasteiger charge is 2.38. The summed E-state index contributed by atoms with van der Waals surface area (Å²) < 4.78 is 5.90. The molecular weight excluding hydrogens is 1840 g/mol. The van der Waals surface area contributed by atoms with Crippen LogP contribution in [0.25, 0.3) is 33.4 Å². The van der Waals surface area contributed by atoms with E-state index in [0.29, 0.717) is 29.4 Å². The summed E-state index contributed by atoms with van der Waals surface area (Å²) in [4.78, 5) is 238. The minimum absolute atomic E-state index is 0.00481. The molecule has 0 aromatic heterocycles. The molecule has 2 aromatic carbocycles. The summed E-state index contributed by atoms with van der Waals surface area (Å²) in [7, 11) is 0. The van der Waals surface area contributed by atoms with Crippen LogP contribution in [0.4, 0.5) is 0 Å². The first kappa shape index (κ1) is 118. The van der Waals surface area contributed by atoms with E-state index in [1.165, 1.54) is 83.1 Å². The molecule has 13 amide bonds. The Balaban J connectivity index is 1.64. The van der Waals surface area contributed by atoms with Crippen molar-refractivity contribution < 1.29 is 91.3 Å². The molecule has 0 spiro atoms. The number of benzene rings is 3. The number of carbonyl (C=O) groups excluding carboxylic acids is 15. The normalized spacial score (nSPS) is 13.7. The maximum Gasteiger partial charge on any atom is 0.336 e. The number of hydrogen-bond donors (Lipinski definition) is 35. The molecular formula is C88H139N33O20. The summed E-state index contributed by atoms with van der Waals surface area (Å²) in [5.74, 6) is -19.1. The maximum absolute atomic E-state index is 15.0. The van der Waals surface area contributed by atoms with Crippen molar-refractivity contribution in [3.63, 3.8) is 0 Å². The number of nitrogens with one attached hydrogen (secondary N) is 24. The molecule has 0 fully saturated rings. The van der Waals surface area contributed by atoms with Gasteiger partial charge in [-0.2, -0.15) is 0 Å². The average Bonchev–Trinajstić information content (AvgIpc) is 0.745. The number of aromatic carboxylic acids is 1. The van der Waals surface area contributed by atoms with Crippen LogP contribution >= 0.6 is 0 Å². The monoisotopic (exact) mass is 1980 g/mol. The molecule has 1 aliphatic heterocycles. The second-order valence-electron chi connectivity index (χ2n) is 33.7. The lowest BCUT2D eigenvalue weighted by Crippen LogP contribution is -2.60. The number of phenolic OH excluding ortho intramolecular Hbond substituents is 1. The van der Waals surface area contributed by atoms with Gasteiger partial charge in [0.2, 0.25) is 70.9 Å². The van der Waals surface area contributed by atoms with Crippen molar-refractivity contribution in [2.75, 3.05) is 52.4 Å². The molecule has 0 saturated heterocycles. The van der Waals surface area contributed by atoms with Crippen LogP contribution in [0, 0.1) is 38.4 Å². The van der Waals surface area contributed by atoms with Crippen molar-refractivity contribution >= 4 is 141 Å². The zero-order valence-electron chi connectivity index (χ0n) is 79.6. The molecule has 13 atom stereocenters. The van der Waals surface area contributed by atoms with Gasteiger partial charge in [-0.05, 0) is 205 Å². The van der Waals surface area contributed by atoms with Crippen molar-refractivity contribution in [1.82, 2.24) is 95.7 Å². The molecule has 0 saturated carbocycles. The first-order valence-electron chi connectivity index (χ1n) is 46.1. The molecule has 4 rings (SSSR count). The van der Waals surface area contributed by atoms with E-state index in [1.54, 1.807) is 0 Å². The van der Waals surface area contributed by atoms with E-state index in [2.05, 4.69) is 95.7 Å². The van der Waals surface area contributed by atoms with Crippen LogP contribution in [-0.2, 0) is 67.1 Å². The van der Waals surface area contributed by atoms with Crippen molar-refractivity contribution in [1.29, 1.82) is 32.5 Å². The number of carboxylic acids is 1. The molecule has 776 valence electrons. The summed E-state index contributed by atoms with van der Waals surface area (Å²) in [6, 6.07) is -5.95. The minimum Gasteiger partial charge on any atom is -0.508 e. The predicted molar refractivity (Wildman–Crippen MR) is 521 cm³/mol. The fourth-order valence-corrected chi connectivity index (χ4v) is 14.4. The molecule has 53 nitrogen and oxygen atoms in total. The lowest BCUT2D eigenvalue weighted by Gasteiger charge is -2.28. The number of nitrogens with two attached hydrogens (primary N) is 9. The van der Waals surface area contributed by atoms with Gasteiger partial charge in [0.1, 0.15) is 77.5 Å². The van der Waals surface area contributed by atoms with E-state index in [-0.39, 0.29) is 195 Å². The summed E-state index contributed by atoms with van der Waals surface area (Å²) >= 11 is 0. The number of fused-ring (bicyclic) bond motifs is 2. The lowest BCUT2D eigenvalue weighted by atomic mass is 9.90. The Morgan fingerprint density at radius 2 is 0.695 bits per heavy atom. The number of guanidine groups is 6. The van der Waals surface area contributed by atoms with E-state index in [9.17, 15) is 82.1 Å². The quantitative estimate of drug-likeness (QED) is 0.00846. The van der Waals surface area contributed by atoms with Crippen molar-refractivity contribution in [3.8, 4) is 28.2 Å². The largest absolute Gasteiger partial charge is 0.508 e. The van der Waals surface area contributed by atoms with Gasteiger partial charge in [0.25, 0.3) is 5.91 Å². The van der Waals surface area contributed by atoms with E-state index < -0.39 is 227 Å². The number of hydrogen-bond acceptors (Lipinski definition) is 27. The van der Waals surface area contributed by atoms with E-state index >= 15 is 9.59 Å². The number of ketones is 2. The van der Waals surface area contributed by atoms with Gasteiger partial charge in [-0.15, -0.1) is 0 Å². The van der Waals surface area contributed by atoms with Crippen molar-refractivity contribution in [2.45, 2.75) is 242 Å². The molecule has 44 N–H and O–H groups in total. The second kappa shape index (κ2) is 60.9. The fraction of sp³-hybridized carbons (Fsp3) is 0.534. The van der Waals surface area contributed by atoms with Crippen LogP contribution in [0.1, 0.15) is 190 Å². The van der Waals surface area contributed by atoms with Crippen LogP contribution in [-0.4, -0.2) is 265 Å². The Morgan fingerprint density at radius 1 is 0.362 bits per heavy atom. The third-order valence-electron chi connectivity index (χ3n) is 22.2. The van der Waals surface area contributed by atoms with Crippen LogP contribution in [0.5, 0.6) is 5.75 Å². The molecule has 0 bridgehead atoms. The van der Waals surface area contributed by atoms with E-state index in [0.717, 1.165) is 6.07 Å². The predicted octanol–water partition coefficient (Wildman–Crippen LogP) is -6.25. The van der Waals surface area contributed by atoms with Crippen LogP contribution < -0.4 is 153 Å². The summed E-state index contributed by atoms with van der Waals surface area (Å²) in [5.41, 5.74) is 50.6. The molecule has 2 aromatic rings.